The Morgan fingerprint density at radius 2 is 1.56 bits per heavy atom. The number of nitrogens with zero attached hydrogens (tertiary/aromatic N) is 2. The number of nitrogens with one attached hydrogen (secondary N) is 2. The van der Waals surface area contributed by atoms with E-state index in [0.717, 1.165) is 0 Å². The molecule has 0 atom stereocenters. The molecule has 2 N–H and O–H groups in total. The van der Waals surface area contributed by atoms with Crippen LogP contribution in [0.5, 0.6) is 0 Å². The molecule has 1 aromatic heterocycles. The van der Waals surface area contributed by atoms with Crippen LogP contribution >= 0.6 is 0 Å². The Morgan fingerprint density at radius 1 is 0.926 bits per heavy atom. The van der Waals surface area contributed by atoms with Gasteiger partial charge in [0.05, 0.1) is 11.4 Å². The molecule has 0 aliphatic carbocycles. The zero-order valence-electron chi connectivity index (χ0n) is 15.3. The average Bonchev–Trinajstić information content (AvgIpc) is 2.86. The van der Waals surface area contributed by atoms with Gasteiger partial charge in [-0.15, -0.1) is 0 Å². The van der Waals surface area contributed by atoms with Gasteiger partial charge in [0.15, 0.2) is 0 Å². The summed E-state index contributed by atoms with van der Waals surface area (Å²) in [6.45, 7) is 3.19. The van der Waals surface area contributed by atoms with Crippen molar-refractivity contribution >= 4 is 23.2 Å². The van der Waals surface area contributed by atoms with Crippen LogP contribution in [-0.2, 0) is 11.8 Å². The summed E-state index contributed by atoms with van der Waals surface area (Å²) in [5, 5.41) is 5.35. The van der Waals surface area contributed by atoms with Gasteiger partial charge >= 0.3 is 0 Å². The molecule has 3 rings (SSSR count). The highest BCUT2D eigenvalue weighted by Crippen LogP contribution is 2.16. The van der Waals surface area contributed by atoms with Crippen LogP contribution in [0.1, 0.15) is 23.0 Å². The van der Waals surface area contributed by atoms with Gasteiger partial charge < -0.3 is 10.6 Å². The number of para-hydroxylation sites is 1. The largest absolute Gasteiger partial charge is 0.326 e. The topological polar surface area (TPSA) is 85.1 Å². The zero-order chi connectivity index (χ0) is 19.6. The van der Waals surface area contributed by atoms with Crippen molar-refractivity contribution in [1.82, 2.24) is 9.36 Å². The Balaban J connectivity index is 1.89. The molecule has 1 heterocycles. The average molecular weight is 364 g/mol. The van der Waals surface area contributed by atoms with Crippen molar-refractivity contribution in [2.24, 2.45) is 7.05 Å². The summed E-state index contributed by atoms with van der Waals surface area (Å²) in [4.78, 5) is 36.5. The summed E-state index contributed by atoms with van der Waals surface area (Å²) < 4.78 is 3.21. The molecule has 0 unspecified atom stereocenters. The normalized spacial score (nSPS) is 10.5. The van der Waals surface area contributed by atoms with Crippen LogP contribution in [0.3, 0.4) is 0 Å². The number of carbonyl (C=O) groups excluding carboxylic acids is 2. The highest BCUT2D eigenvalue weighted by atomic mass is 16.2. The SMILES string of the molecule is CC(=O)Nc1ccc(C(=O)Nc2c(C)n(C)n(-c3ccccc3)c2=O)cc1. The number of benzene rings is 2. The minimum absolute atomic E-state index is 0.187. The van der Waals surface area contributed by atoms with Gasteiger partial charge in [0.1, 0.15) is 5.69 Å². The predicted molar refractivity (Wildman–Crippen MR) is 104 cm³/mol. The van der Waals surface area contributed by atoms with Crippen molar-refractivity contribution in [3.05, 3.63) is 76.2 Å². The second-order valence-corrected chi connectivity index (χ2v) is 6.15. The quantitative estimate of drug-likeness (QED) is 0.746. The van der Waals surface area contributed by atoms with E-state index < -0.39 is 5.91 Å². The Bertz CT molecular complexity index is 1050. The molecule has 0 saturated heterocycles. The van der Waals surface area contributed by atoms with E-state index in [1.165, 1.54) is 11.6 Å². The van der Waals surface area contributed by atoms with E-state index in [2.05, 4.69) is 10.6 Å². The first-order valence-corrected chi connectivity index (χ1v) is 8.41. The van der Waals surface area contributed by atoms with E-state index >= 15 is 0 Å². The lowest BCUT2D eigenvalue weighted by Crippen LogP contribution is -2.23. The highest BCUT2D eigenvalue weighted by Gasteiger charge is 2.18. The number of rotatable bonds is 4. The first-order chi connectivity index (χ1) is 12.9. The van der Waals surface area contributed by atoms with Crippen molar-refractivity contribution in [2.75, 3.05) is 10.6 Å². The van der Waals surface area contributed by atoms with Crippen molar-refractivity contribution in [3.8, 4) is 5.69 Å². The third-order valence-corrected chi connectivity index (χ3v) is 4.26. The van der Waals surface area contributed by atoms with Crippen molar-refractivity contribution in [1.29, 1.82) is 0 Å². The predicted octanol–water partition coefficient (Wildman–Crippen LogP) is 2.70. The molecular weight excluding hydrogens is 344 g/mol. The van der Waals surface area contributed by atoms with Crippen molar-refractivity contribution < 1.29 is 9.59 Å². The molecule has 7 nitrogen and oxygen atoms in total. The summed E-state index contributed by atoms with van der Waals surface area (Å²) in [5.74, 6) is -0.580. The maximum Gasteiger partial charge on any atom is 0.295 e. The third kappa shape index (κ3) is 3.67. The molecular formula is C20H20N4O3. The van der Waals surface area contributed by atoms with Gasteiger partial charge in [0, 0.05) is 25.2 Å². The number of amides is 2. The smallest absolute Gasteiger partial charge is 0.295 e. The van der Waals surface area contributed by atoms with Crippen molar-refractivity contribution in [2.45, 2.75) is 13.8 Å². The summed E-state index contributed by atoms with van der Waals surface area (Å²) >= 11 is 0. The Hall–Kier alpha value is -3.61. The molecule has 2 aromatic carbocycles. The lowest BCUT2D eigenvalue weighted by atomic mass is 10.2. The van der Waals surface area contributed by atoms with Gasteiger partial charge in [-0.2, -0.15) is 0 Å². The molecule has 0 aliphatic heterocycles. The summed E-state index contributed by atoms with van der Waals surface area (Å²) in [6, 6.07) is 15.7. The number of carbonyl (C=O) groups is 2. The molecule has 0 fully saturated rings. The van der Waals surface area contributed by atoms with Crippen LogP contribution in [0.2, 0.25) is 0 Å². The number of anilines is 2. The molecule has 0 bridgehead atoms. The number of aromatic nitrogens is 2. The molecule has 3 aromatic rings. The third-order valence-electron chi connectivity index (χ3n) is 4.26. The van der Waals surface area contributed by atoms with Crippen LogP contribution in [0.15, 0.2) is 59.4 Å². The second-order valence-electron chi connectivity index (χ2n) is 6.15. The molecule has 0 spiro atoms. The fraction of sp³-hybridized carbons (Fsp3) is 0.150. The fourth-order valence-electron chi connectivity index (χ4n) is 2.81. The van der Waals surface area contributed by atoms with E-state index in [9.17, 15) is 14.4 Å². The van der Waals surface area contributed by atoms with E-state index in [1.807, 2.05) is 30.3 Å². The second kappa shape index (κ2) is 7.33. The van der Waals surface area contributed by atoms with Crippen LogP contribution in [0.25, 0.3) is 5.69 Å². The Labute approximate surface area is 156 Å². The van der Waals surface area contributed by atoms with E-state index in [1.54, 1.807) is 42.9 Å². The number of hydrogen-bond acceptors (Lipinski definition) is 3. The monoisotopic (exact) mass is 364 g/mol. The molecule has 0 saturated carbocycles. The fourth-order valence-corrected chi connectivity index (χ4v) is 2.81. The van der Waals surface area contributed by atoms with E-state index in [4.69, 9.17) is 0 Å². The molecule has 27 heavy (non-hydrogen) atoms. The minimum Gasteiger partial charge on any atom is -0.326 e. The maximum atomic E-state index is 12.8. The molecule has 0 aliphatic rings. The summed E-state index contributed by atoms with van der Waals surface area (Å²) in [6.07, 6.45) is 0. The van der Waals surface area contributed by atoms with Crippen LogP contribution in [0, 0.1) is 6.92 Å². The molecule has 2 amide bonds. The first kappa shape index (κ1) is 18.2. The Morgan fingerprint density at radius 3 is 2.15 bits per heavy atom. The van der Waals surface area contributed by atoms with Gasteiger partial charge in [0.25, 0.3) is 11.5 Å². The van der Waals surface area contributed by atoms with Gasteiger partial charge in [0.2, 0.25) is 5.91 Å². The van der Waals surface area contributed by atoms with Crippen LogP contribution in [0.4, 0.5) is 11.4 Å². The van der Waals surface area contributed by atoms with Crippen LogP contribution in [-0.4, -0.2) is 21.2 Å². The maximum absolute atomic E-state index is 12.8. The zero-order valence-corrected chi connectivity index (χ0v) is 15.3. The highest BCUT2D eigenvalue weighted by molar-refractivity contribution is 6.04. The van der Waals surface area contributed by atoms with Gasteiger partial charge in [-0.1, -0.05) is 18.2 Å². The van der Waals surface area contributed by atoms with Crippen molar-refractivity contribution in [3.63, 3.8) is 0 Å². The minimum atomic E-state index is -0.393. The van der Waals surface area contributed by atoms with Gasteiger partial charge in [-0.05, 0) is 43.3 Å². The molecule has 138 valence electrons. The molecule has 0 radical (unpaired) electrons. The lowest BCUT2D eigenvalue weighted by Gasteiger charge is -2.07. The van der Waals surface area contributed by atoms with E-state index in [-0.39, 0.29) is 17.2 Å². The van der Waals surface area contributed by atoms with Crippen LogP contribution < -0.4 is 16.2 Å². The Kier molecular flexibility index (Phi) is 4.94. The lowest BCUT2D eigenvalue weighted by molar-refractivity contribution is -0.114. The van der Waals surface area contributed by atoms with Gasteiger partial charge in [-0.3, -0.25) is 19.1 Å². The standard InChI is InChI=1S/C20H20N4O3/c1-13-18(20(27)24(23(13)3)17-7-5-4-6-8-17)22-19(26)15-9-11-16(12-10-15)21-14(2)25/h4-12H,1-3H3,(H,21,25)(H,22,26). The van der Waals surface area contributed by atoms with E-state index in [0.29, 0.717) is 22.6 Å². The van der Waals surface area contributed by atoms with Gasteiger partial charge in [-0.25, -0.2) is 4.68 Å². The summed E-state index contributed by atoms with van der Waals surface area (Å²) in [5.41, 5.74) is 2.28. The number of hydrogen-bond donors (Lipinski definition) is 2. The first-order valence-electron chi connectivity index (χ1n) is 8.41. The summed E-state index contributed by atoms with van der Waals surface area (Å²) in [7, 11) is 1.77. The molecule has 7 heteroatoms.